The van der Waals surface area contributed by atoms with E-state index in [4.69, 9.17) is 5.11 Å². The molecule has 0 fully saturated rings. The van der Waals surface area contributed by atoms with E-state index in [1.807, 2.05) is 0 Å². The Morgan fingerprint density at radius 1 is 1.62 bits per heavy atom. The van der Waals surface area contributed by atoms with Gasteiger partial charge in [-0.15, -0.1) is 0 Å². The number of aliphatic hydroxyl groups excluding tert-OH is 1. The third kappa shape index (κ3) is 3.65. The summed E-state index contributed by atoms with van der Waals surface area (Å²) in [6.07, 6.45) is 1.33. The molecule has 1 atom stereocenters. The second-order valence-electron chi connectivity index (χ2n) is 2.94. The third-order valence-electron chi connectivity index (χ3n) is 1.74. The fraction of sp³-hybridized carbons (Fsp3) is 0.500. The van der Waals surface area contributed by atoms with Gasteiger partial charge >= 0.3 is 5.97 Å². The van der Waals surface area contributed by atoms with Crippen molar-refractivity contribution < 1.29 is 19.4 Å². The number of nitrogens with zero attached hydrogens (tertiary/aromatic N) is 3. The molecule has 1 aromatic rings. The Labute approximate surface area is 91.2 Å². The fourth-order valence-electron chi connectivity index (χ4n) is 0.947. The van der Waals surface area contributed by atoms with E-state index in [-0.39, 0.29) is 19.0 Å². The molecule has 0 aliphatic heterocycles. The molecule has 1 amide bonds. The number of amides is 1. The predicted octanol–water partition coefficient (Wildman–Crippen LogP) is -2.07. The molecule has 1 unspecified atom stereocenters. The van der Waals surface area contributed by atoms with Crippen LogP contribution in [-0.2, 0) is 20.9 Å². The lowest BCUT2D eigenvalue weighted by molar-refractivity contribution is -0.150. The van der Waals surface area contributed by atoms with Crippen LogP contribution in [-0.4, -0.2) is 51.5 Å². The van der Waals surface area contributed by atoms with E-state index in [1.54, 1.807) is 0 Å². The first-order valence-corrected chi connectivity index (χ1v) is 4.48. The standard InChI is InChI=1S/C8H12N4O4/c1-16-8(15)6(13)2-10-7(14)3-12-5-9-4-11-12/h4-6,13H,2-3H2,1H3,(H,10,14). The number of hydrogen-bond acceptors (Lipinski definition) is 6. The highest BCUT2D eigenvalue weighted by Gasteiger charge is 2.16. The van der Waals surface area contributed by atoms with Crippen molar-refractivity contribution in [1.82, 2.24) is 20.1 Å². The maximum absolute atomic E-state index is 11.3. The van der Waals surface area contributed by atoms with Gasteiger partial charge in [-0.3, -0.25) is 4.79 Å². The van der Waals surface area contributed by atoms with Crippen molar-refractivity contribution in [3.8, 4) is 0 Å². The maximum atomic E-state index is 11.3. The average Bonchev–Trinajstić information content (AvgIpc) is 2.77. The van der Waals surface area contributed by atoms with Crippen LogP contribution in [0.1, 0.15) is 0 Å². The van der Waals surface area contributed by atoms with Gasteiger partial charge < -0.3 is 15.2 Å². The number of carbonyl (C=O) groups is 2. The molecule has 0 aliphatic carbocycles. The Hall–Kier alpha value is -1.96. The zero-order chi connectivity index (χ0) is 12.0. The van der Waals surface area contributed by atoms with Crippen molar-refractivity contribution >= 4 is 11.9 Å². The number of aromatic nitrogens is 3. The molecule has 0 radical (unpaired) electrons. The second kappa shape index (κ2) is 5.81. The summed E-state index contributed by atoms with van der Waals surface area (Å²) >= 11 is 0. The van der Waals surface area contributed by atoms with Crippen molar-refractivity contribution in [1.29, 1.82) is 0 Å². The van der Waals surface area contributed by atoms with Gasteiger partial charge in [0.1, 0.15) is 19.2 Å². The number of hydrogen-bond donors (Lipinski definition) is 2. The van der Waals surface area contributed by atoms with E-state index in [1.165, 1.54) is 17.3 Å². The lowest BCUT2D eigenvalue weighted by atomic mass is 10.3. The number of ether oxygens (including phenoxy) is 1. The molecule has 0 aliphatic rings. The zero-order valence-corrected chi connectivity index (χ0v) is 8.66. The minimum atomic E-state index is -1.36. The Balaban J connectivity index is 2.28. The number of esters is 1. The molecule has 0 saturated carbocycles. The smallest absolute Gasteiger partial charge is 0.336 e. The van der Waals surface area contributed by atoms with E-state index in [2.05, 4.69) is 20.1 Å². The van der Waals surface area contributed by atoms with Crippen LogP contribution in [0.25, 0.3) is 0 Å². The van der Waals surface area contributed by atoms with Crippen molar-refractivity contribution in [2.45, 2.75) is 12.6 Å². The van der Waals surface area contributed by atoms with Crippen LogP contribution >= 0.6 is 0 Å². The van der Waals surface area contributed by atoms with E-state index in [9.17, 15) is 9.59 Å². The summed E-state index contributed by atoms with van der Waals surface area (Å²) in [7, 11) is 1.16. The number of rotatable bonds is 5. The highest BCUT2D eigenvalue weighted by atomic mass is 16.5. The molecular weight excluding hydrogens is 216 g/mol. The number of nitrogens with one attached hydrogen (secondary N) is 1. The highest BCUT2D eigenvalue weighted by molar-refractivity contribution is 5.78. The normalized spacial score (nSPS) is 11.9. The lowest BCUT2D eigenvalue weighted by Gasteiger charge is -2.09. The summed E-state index contributed by atoms with van der Waals surface area (Å²) in [5.41, 5.74) is 0. The first-order valence-electron chi connectivity index (χ1n) is 4.48. The summed E-state index contributed by atoms with van der Waals surface area (Å²) < 4.78 is 5.60. The lowest BCUT2D eigenvalue weighted by Crippen LogP contribution is -2.38. The monoisotopic (exact) mass is 228 g/mol. The average molecular weight is 228 g/mol. The molecule has 2 N–H and O–H groups in total. The van der Waals surface area contributed by atoms with Gasteiger partial charge in [0.15, 0.2) is 6.10 Å². The van der Waals surface area contributed by atoms with E-state index in [0.29, 0.717) is 0 Å². The first kappa shape index (κ1) is 12.1. The van der Waals surface area contributed by atoms with Gasteiger partial charge in [-0.25, -0.2) is 14.5 Å². The molecule has 8 heteroatoms. The third-order valence-corrected chi connectivity index (χ3v) is 1.74. The fourth-order valence-corrected chi connectivity index (χ4v) is 0.947. The van der Waals surface area contributed by atoms with E-state index in [0.717, 1.165) is 7.11 Å². The molecule has 8 nitrogen and oxygen atoms in total. The molecule has 0 spiro atoms. The van der Waals surface area contributed by atoms with Crippen LogP contribution in [0.15, 0.2) is 12.7 Å². The topological polar surface area (TPSA) is 106 Å². The SMILES string of the molecule is COC(=O)C(O)CNC(=O)Cn1cncn1. The predicted molar refractivity (Wildman–Crippen MR) is 51.1 cm³/mol. The summed E-state index contributed by atoms with van der Waals surface area (Å²) in [6.45, 7) is -0.214. The van der Waals surface area contributed by atoms with Crippen LogP contribution in [0.2, 0.25) is 0 Å². The number of aliphatic hydroxyl groups is 1. The molecular formula is C8H12N4O4. The summed E-state index contributed by atoms with van der Waals surface area (Å²) in [6, 6.07) is 0. The second-order valence-corrected chi connectivity index (χ2v) is 2.94. The van der Waals surface area contributed by atoms with Crippen molar-refractivity contribution in [3.05, 3.63) is 12.7 Å². The van der Waals surface area contributed by atoms with Crippen LogP contribution in [0, 0.1) is 0 Å². The minimum absolute atomic E-state index is 0.0199. The van der Waals surface area contributed by atoms with Crippen molar-refractivity contribution in [2.75, 3.05) is 13.7 Å². The van der Waals surface area contributed by atoms with Crippen LogP contribution < -0.4 is 5.32 Å². The van der Waals surface area contributed by atoms with Crippen molar-refractivity contribution in [2.24, 2.45) is 0 Å². The van der Waals surface area contributed by atoms with Crippen LogP contribution in [0.5, 0.6) is 0 Å². The first-order chi connectivity index (χ1) is 7.63. The molecule has 88 valence electrons. The van der Waals surface area contributed by atoms with Gasteiger partial charge in [0.05, 0.1) is 13.7 Å². The summed E-state index contributed by atoms with van der Waals surface area (Å²) in [5, 5.41) is 15.3. The Kier molecular flexibility index (Phi) is 4.40. The minimum Gasteiger partial charge on any atom is -0.467 e. The van der Waals surface area contributed by atoms with Gasteiger partial charge in [-0.05, 0) is 0 Å². The van der Waals surface area contributed by atoms with E-state index >= 15 is 0 Å². The van der Waals surface area contributed by atoms with Crippen LogP contribution in [0.3, 0.4) is 0 Å². The molecule has 1 aromatic heterocycles. The van der Waals surface area contributed by atoms with E-state index < -0.39 is 12.1 Å². The van der Waals surface area contributed by atoms with Gasteiger partial charge in [-0.1, -0.05) is 0 Å². The molecule has 1 rings (SSSR count). The van der Waals surface area contributed by atoms with Crippen molar-refractivity contribution in [3.63, 3.8) is 0 Å². The van der Waals surface area contributed by atoms with Gasteiger partial charge in [-0.2, -0.15) is 5.10 Å². The van der Waals surface area contributed by atoms with Gasteiger partial charge in [0.25, 0.3) is 0 Å². The summed E-state index contributed by atoms with van der Waals surface area (Å²) in [4.78, 5) is 25.7. The maximum Gasteiger partial charge on any atom is 0.336 e. The zero-order valence-electron chi connectivity index (χ0n) is 8.66. The molecule has 16 heavy (non-hydrogen) atoms. The van der Waals surface area contributed by atoms with Gasteiger partial charge in [0.2, 0.25) is 5.91 Å². The molecule has 0 bridgehead atoms. The number of carbonyl (C=O) groups excluding carboxylic acids is 2. The summed E-state index contributed by atoms with van der Waals surface area (Å²) in [5.74, 6) is -1.17. The Morgan fingerprint density at radius 3 is 2.94 bits per heavy atom. The molecule has 1 heterocycles. The quantitative estimate of drug-likeness (QED) is 0.561. The molecule has 0 saturated heterocycles. The highest BCUT2D eigenvalue weighted by Crippen LogP contribution is 1.86. The number of methoxy groups -OCH3 is 1. The largest absolute Gasteiger partial charge is 0.467 e. The van der Waals surface area contributed by atoms with Crippen LogP contribution in [0.4, 0.5) is 0 Å². The Bertz CT molecular complexity index is 351. The molecule has 0 aromatic carbocycles. The van der Waals surface area contributed by atoms with Gasteiger partial charge in [0, 0.05) is 0 Å². The Morgan fingerprint density at radius 2 is 2.38 bits per heavy atom.